The van der Waals surface area contributed by atoms with E-state index in [2.05, 4.69) is 0 Å². The summed E-state index contributed by atoms with van der Waals surface area (Å²) < 4.78 is 25.0. The highest BCUT2D eigenvalue weighted by Crippen LogP contribution is 2.37. The molecule has 0 amide bonds. The average molecular weight is 591 g/mol. The smallest absolute Gasteiger partial charge is 0.130 e. The highest BCUT2D eigenvalue weighted by atomic mass is 16.5. The van der Waals surface area contributed by atoms with Crippen molar-refractivity contribution in [3.05, 3.63) is 155 Å². The minimum Gasteiger partial charge on any atom is -0.489 e. The normalized spacial score (nSPS) is 11.1. The fraction of sp³-hybridized carbons (Fsp3) is 0.231. The molecular formula is C39H42O5. The summed E-state index contributed by atoms with van der Waals surface area (Å²) in [5.74, 6) is 2.75. The molecule has 5 nitrogen and oxygen atoms in total. The molecule has 0 spiro atoms. The van der Waals surface area contributed by atoms with Gasteiger partial charge in [-0.05, 0) is 41.3 Å². The minimum absolute atomic E-state index is 0.0163. The molecular weight excluding hydrogens is 548 g/mol. The number of aliphatic hydroxyl groups excluding tert-OH is 1. The lowest BCUT2D eigenvalue weighted by Gasteiger charge is -2.22. The molecule has 1 atom stereocenters. The topological polar surface area (TPSA) is 57.2 Å². The predicted molar refractivity (Wildman–Crippen MR) is 176 cm³/mol. The summed E-state index contributed by atoms with van der Waals surface area (Å²) in [6.07, 6.45) is 0.0575. The first-order valence-corrected chi connectivity index (χ1v) is 15.2. The van der Waals surface area contributed by atoms with Gasteiger partial charge in [0.05, 0.1) is 0 Å². The van der Waals surface area contributed by atoms with Crippen LogP contribution in [0.4, 0.5) is 0 Å². The zero-order valence-electron chi connectivity index (χ0n) is 25.8. The predicted octanol–water partition coefficient (Wildman–Crippen LogP) is 9.26. The Hall–Kier alpha value is -4.74. The lowest BCUT2D eigenvalue weighted by atomic mass is 10.1. The Balaban J connectivity index is 0.00000216. The van der Waals surface area contributed by atoms with E-state index < -0.39 is 0 Å². The van der Waals surface area contributed by atoms with Crippen LogP contribution in [0.25, 0.3) is 0 Å². The van der Waals surface area contributed by atoms with Gasteiger partial charge in [-0.25, -0.2) is 0 Å². The van der Waals surface area contributed by atoms with Crippen LogP contribution in [0.2, 0.25) is 0 Å². The van der Waals surface area contributed by atoms with Crippen molar-refractivity contribution in [2.45, 2.75) is 53.1 Å². The van der Waals surface area contributed by atoms with Crippen LogP contribution in [0.15, 0.2) is 127 Å². The van der Waals surface area contributed by atoms with E-state index in [9.17, 15) is 5.11 Å². The zero-order chi connectivity index (χ0) is 31.0. The molecule has 0 aliphatic rings. The number of hydrogen-bond donors (Lipinski definition) is 1. The van der Waals surface area contributed by atoms with Crippen LogP contribution in [0.5, 0.6) is 23.0 Å². The van der Waals surface area contributed by atoms with E-state index in [1.54, 1.807) is 0 Å². The molecule has 44 heavy (non-hydrogen) atoms. The fourth-order valence-corrected chi connectivity index (χ4v) is 4.55. The van der Waals surface area contributed by atoms with Crippen LogP contribution in [0, 0.1) is 6.92 Å². The molecule has 0 fully saturated rings. The minimum atomic E-state index is -0.372. The number of aliphatic hydroxyl groups is 1. The van der Waals surface area contributed by atoms with Gasteiger partial charge in [-0.3, -0.25) is 0 Å². The number of rotatable bonds is 14. The monoisotopic (exact) mass is 590 g/mol. The van der Waals surface area contributed by atoms with Crippen LogP contribution in [-0.4, -0.2) is 11.7 Å². The summed E-state index contributed by atoms with van der Waals surface area (Å²) in [6, 6.07) is 41.8. The fourth-order valence-electron chi connectivity index (χ4n) is 4.55. The van der Waals surface area contributed by atoms with Crippen LogP contribution >= 0.6 is 0 Å². The van der Waals surface area contributed by atoms with Crippen molar-refractivity contribution in [3.8, 4) is 23.0 Å². The molecule has 0 unspecified atom stereocenters. The van der Waals surface area contributed by atoms with Gasteiger partial charge in [0.2, 0.25) is 0 Å². The van der Waals surface area contributed by atoms with E-state index in [0.717, 1.165) is 33.6 Å². The summed E-state index contributed by atoms with van der Waals surface area (Å²) in [7, 11) is 0. The van der Waals surface area contributed by atoms with Gasteiger partial charge in [0.15, 0.2) is 0 Å². The van der Waals surface area contributed by atoms with Gasteiger partial charge in [0, 0.05) is 30.7 Å². The van der Waals surface area contributed by atoms with Crippen molar-refractivity contribution < 1.29 is 24.1 Å². The molecule has 0 aliphatic heterocycles. The Kier molecular flexibility index (Phi) is 12.7. The zero-order valence-corrected chi connectivity index (χ0v) is 25.8. The van der Waals surface area contributed by atoms with Crippen molar-refractivity contribution in [1.82, 2.24) is 0 Å². The van der Waals surface area contributed by atoms with Crippen LogP contribution < -0.4 is 18.9 Å². The molecule has 0 saturated heterocycles. The second-order valence-corrected chi connectivity index (χ2v) is 10.1. The lowest BCUT2D eigenvalue weighted by Crippen LogP contribution is -2.11. The van der Waals surface area contributed by atoms with Crippen molar-refractivity contribution in [1.29, 1.82) is 0 Å². The first-order chi connectivity index (χ1) is 21.7. The lowest BCUT2D eigenvalue weighted by molar-refractivity contribution is 0.153. The van der Waals surface area contributed by atoms with Crippen LogP contribution in [0.1, 0.15) is 54.2 Å². The van der Waals surface area contributed by atoms with E-state index in [-0.39, 0.29) is 12.7 Å². The van der Waals surface area contributed by atoms with Crippen molar-refractivity contribution in [2.24, 2.45) is 0 Å². The molecule has 0 heterocycles. The third kappa shape index (κ3) is 9.65. The summed E-state index contributed by atoms with van der Waals surface area (Å²) in [5.41, 5.74) is 5.06. The van der Waals surface area contributed by atoms with Gasteiger partial charge in [0.1, 0.15) is 48.9 Å². The summed E-state index contributed by atoms with van der Waals surface area (Å²) in [4.78, 5) is 0. The quantitative estimate of drug-likeness (QED) is 0.140. The standard InChI is InChI=1S/C37H36O5.C2H6/c1-28-36(41-27-31-15-9-4-10-16-31)23-34(40-26-30-13-7-3-8-14-30)24-37(28)42-35(21-22-38)32-17-19-33(20-18-32)39-25-29-11-5-2-6-12-29;1-2/h2-20,23-24,35,38H,21-22,25-27H2,1H3;1-2H3/t35-;/m1./s1. The van der Waals surface area contributed by atoms with Gasteiger partial charge < -0.3 is 24.1 Å². The summed E-state index contributed by atoms with van der Waals surface area (Å²) in [5, 5.41) is 9.89. The molecule has 1 N–H and O–H groups in total. The molecule has 5 rings (SSSR count). The van der Waals surface area contributed by atoms with Crippen molar-refractivity contribution in [2.75, 3.05) is 6.61 Å². The second-order valence-electron chi connectivity index (χ2n) is 10.1. The number of ether oxygens (including phenoxy) is 4. The van der Waals surface area contributed by atoms with E-state index in [0.29, 0.717) is 43.5 Å². The maximum Gasteiger partial charge on any atom is 0.130 e. The SMILES string of the molecule is CC.Cc1c(OCc2ccccc2)cc(OCc2ccccc2)cc1O[C@H](CCO)c1ccc(OCc2ccccc2)cc1. The second kappa shape index (κ2) is 17.4. The highest BCUT2D eigenvalue weighted by molar-refractivity contribution is 5.50. The Labute approximate surface area is 261 Å². The molecule has 0 aromatic heterocycles. The summed E-state index contributed by atoms with van der Waals surface area (Å²) >= 11 is 0. The Bertz CT molecular complexity index is 1500. The van der Waals surface area contributed by atoms with E-state index in [1.165, 1.54) is 0 Å². The van der Waals surface area contributed by atoms with Gasteiger partial charge in [-0.1, -0.05) is 117 Å². The van der Waals surface area contributed by atoms with E-state index >= 15 is 0 Å². The average Bonchev–Trinajstić information content (AvgIpc) is 3.09. The number of benzene rings is 5. The molecule has 0 saturated carbocycles. The molecule has 228 valence electrons. The van der Waals surface area contributed by atoms with Crippen LogP contribution in [0.3, 0.4) is 0 Å². The van der Waals surface area contributed by atoms with Crippen LogP contribution in [-0.2, 0) is 19.8 Å². The van der Waals surface area contributed by atoms with Gasteiger partial charge >= 0.3 is 0 Å². The molecule has 5 aromatic rings. The molecule has 5 aromatic carbocycles. The van der Waals surface area contributed by atoms with E-state index in [4.69, 9.17) is 18.9 Å². The Morgan fingerprint density at radius 1 is 0.545 bits per heavy atom. The van der Waals surface area contributed by atoms with Gasteiger partial charge in [0.25, 0.3) is 0 Å². The maximum absolute atomic E-state index is 9.89. The first kappa shape index (κ1) is 32.2. The third-order valence-corrected chi connectivity index (χ3v) is 6.93. The maximum atomic E-state index is 9.89. The van der Waals surface area contributed by atoms with E-state index in [1.807, 2.05) is 148 Å². The third-order valence-electron chi connectivity index (χ3n) is 6.93. The molecule has 0 radical (unpaired) electrons. The largest absolute Gasteiger partial charge is 0.489 e. The molecule has 0 bridgehead atoms. The number of hydrogen-bond acceptors (Lipinski definition) is 5. The highest BCUT2D eigenvalue weighted by Gasteiger charge is 2.18. The molecule has 0 aliphatic carbocycles. The summed E-state index contributed by atoms with van der Waals surface area (Å²) in [6.45, 7) is 7.31. The van der Waals surface area contributed by atoms with Gasteiger partial charge in [-0.2, -0.15) is 0 Å². The Morgan fingerprint density at radius 3 is 1.50 bits per heavy atom. The van der Waals surface area contributed by atoms with Crippen molar-refractivity contribution in [3.63, 3.8) is 0 Å². The Morgan fingerprint density at radius 2 is 1.00 bits per heavy atom. The first-order valence-electron chi connectivity index (χ1n) is 15.2. The van der Waals surface area contributed by atoms with Crippen molar-refractivity contribution >= 4 is 0 Å². The molecule has 5 heteroatoms. The van der Waals surface area contributed by atoms with Gasteiger partial charge in [-0.15, -0.1) is 0 Å².